The highest BCUT2D eigenvalue weighted by molar-refractivity contribution is 5.40. The molecule has 19 heavy (non-hydrogen) atoms. The summed E-state index contributed by atoms with van der Waals surface area (Å²) in [6.07, 6.45) is 3.72. The van der Waals surface area contributed by atoms with E-state index >= 15 is 0 Å². The summed E-state index contributed by atoms with van der Waals surface area (Å²) in [5.74, 6) is 8.76. The highest BCUT2D eigenvalue weighted by atomic mass is 16.5. The zero-order chi connectivity index (χ0) is 13.8. The third-order valence-electron chi connectivity index (χ3n) is 4.12. The van der Waals surface area contributed by atoms with Gasteiger partial charge in [0.1, 0.15) is 11.5 Å². The first kappa shape index (κ1) is 14.2. The Bertz CT molecular complexity index is 400. The molecule has 106 valence electrons. The first-order valence-electron chi connectivity index (χ1n) is 6.87. The van der Waals surface area contributed by atoms with Crippen LogP contribution in [0.4, 0.5) is 0 Å². The molecule has 4 heteroatoms. The summed E-state index contributed by atoms with van der Waals surface area (Å²) in [4.78, 5) is 0. The number of nitrogens with two attached hydrogens (primary N) is 1. The fourth-order valence-electron chi connectivity index (χ4n) is 3.07. The van der Waals surface area contributed by atoms with Gasteiger partial charge >= 0.3 is 0 Å². The molecule has 0 aliphatic heterocycles. The molecule has 0 heterocycles. The van der Waals surface area contributed by atoms with Crippen LogP contribution in [-0.2, 0) is 0 Å². The maximum atomic E-state index is 5.78. The van der Waals surface area contributed by atoms with Gasteiger partial charge in [-0.3, -0.25) is 11.3 Å². The summed E-state index contributed by atoms with van der Waals surface area (Å²) in [5.41, 5.74) is 4.11. The van der Waals surface area contributed by atoms with E-state index in [4.69, 9.17) is 15.3 Å². The highest BCUT2D eigenvalue weighted by Gasteiger charge is 2.29. The summed E-state index contributed by atoms with van der Waals surface area (Å²) < 4.78 is 10.7. The normalized spacial score (nSPS) is 24.2. The van der Waals surface area contributed by atoms with E-state index in [9.17, 15) is 0 Å². The fraction of sp³-hybridized carbons (Fsp3) is 0.600. The number of nitrogens with one attached hydrogen (secondary N) is 1. The Labute approximate surface area is 115 Å². The monoisotopic (exact) mass is 264 g/mol. The van der Waals surface area contributed by atoms with Crippen LogP contribution >= 0.6 is 0 Å². The molecule has 1 saturated carbocycles. The van der Waals surface area contributed by atoms with Crippen LogP contribution in [-0.4, -0.2) is 14.2 Å². The van der Waals surface area contributed by atoms with Gasteiger partial charge in [0.05, 0.1) is 14.2 Å². The molecule has 1 aromatic rings. The van der Waals surface area contributed by atoms with Crippen molar-refractivity contribution in [2.45, 2.75) is 32.2 Å². The summed E-state index contributed by atoms with van der Waals surface area (Å²) in [5, 5.41) is 0. The minimum absolute atomic E-state index is 0.161. The molecule has 0 bridgehead atoms. The molecule has 3 unspecified atom stereocenters. The van der Waals surface area contributed by atoms with Crippen LogP contribution in [0, 0.1) is 11.8 Å². The molecule has 0 spiro atoms. The average Bonchev–Trinajstić information content (AvgIpc) is 2.85. The molecule has 1 fully saturated rings. The minimum atomic E-state index is 0.161. The molecule has 4 nitrogen and oxygen atoms in total. The molecule has 0 aromatic heterocycles. The van der Waals surface area contributed by atoms with Crippen LogP contribution in [0.25, 0.3) is 0 Å². The maximum Gasteiger partial charge on any atom is 0.122 e. The van der Waals surface area contributed by atoms with Crippen LogP contribution in [0.2, 0.25) is 0 Å². The minimum Gasteiger partial charge on any atom is -0.497 e. The van der Waals surface area contributed by atoms with Gasteiger partial charge in [-0.25, -0.2) is 0 Å². The first-order valence-corrected chi connectivity index (χ1v) is 6.87. The van der Waals surface area contributed by atoms with Crippen LogP contribution in [0.1, 0.15) is 37.8 Å². The van der Waals surface area contributed by atoms with E-state index in [2.05, 4.69) is 12.3 Å². The lowest BCUT2D eigenvalue weighted by molar-refractivity contribution is 0.356. The number of methoxy groups -OCH3 is 2. The number of rotatable bonds is 5. The largest absolute Gasteiger partial charge is 0.497 e. The van der Waals surface area contributed by atoms with Gasteiger partial charge in [-0.1, -0.05) is 13.3 Å². The molecule has 0 saturated heterocycles. The van der Waals surface area contributed by atoms with Crippen molar-refractivity contribution in [2.75, 3.05) is 14.2 Å². The van der Waals surface area contributed by atoms with Crippen molar-refractivity contribution in [1.82, 2.24) is 5.43 Å². The molecule has 3 N–H and O–H groups in total. The maximum absolute atomic E-state index is 5.78. The number of hydrogen-bond donors (Lipinski definition) is 2. The van der Waals surface area contributed by atoms with E-state index in [-0.39, 0.29) is 6.04 Å². The zero-order valence-electron chi connectivity index (χ0n) is 12.0. The van der Waals surface area contributed by atoms with Gasteiger partial charge in [0.2, 0.25) is 0 Å². The lowest BCUT2D eigenvalue weighted by Gasteiger charge is -2.24. The second kappa shape index (κ2) is 6.26. The van der Waals surface area contributed by atoms with Crippen molar-refractivity contribution in [3.8, 4) is 11.5 Å². The van der Waals surface area contributed by atoms with Crippen LogP contribution in [0.15, 0.2) is 18.2 Å². The van der Waals surface area contributed by atoms with Gasteiger partial charge < -0.3 is 9.47 Å². The average molecular weight is 264 g/mol. The molecule has 2 rings (SSSR count). The molecule has 3 atom stereocenters. The van der Waals surface area contributed by atoms with Gasteiger partial charge in [-0.05, 0) is 42.4 Å². The molecule has 1 aliphatic carbocycles. The van der Waals surface area contributed by atoms with E-state index < -0.39 is 0 Å². The Hall–Kier alpha value is -1.26. The summed E-state index contributed by atoms with van der Waals surface area (Å²) >= 11 is 0. The molecular weight excluding hydrogens is 240 g/mol. The van der Waals surface area contributed by atoms with Crippen molar-refractivity contribution in [3.63, 3.8) is 0 Å². The third-order valence-corrected chi connectivity index (χ3v) is 4.12. The fourth-order valence-corrected chi connectivity index (χ4v) is 3.07. The lowest BCUT2D eigenvalue weighted by atomic mass is 9.91. The summed E-state index contributed by atoms with van der Waals surface area (Å²) in [7, 11) is 3.34. The highest BCUT2D eigenvalue weighted by Crippen LogP contribution is 2.40. The van der Waals surface area contributed by atoms with Crippen LogP contribution in [0.3, 0.4) is 0 Å². The van der Waals surface area contributed by atoms with E-state index in [0.29, 0.717) is 5.92 Å². The second-order valence-electron chi connectivity index (χ2n) is 5.47. The summed E-state index contributed by atoms with van der Waals surface area (Å²) in [6, 6.07) is 6.12. The molecule has 0 radical (unpaired) electrons. The predicted octanol–water partition coefficient (Wildman–Crippen LogP) is 2.64. The molecule has 1 aliphatic rings. The lowest BCUT2D eigenvalue weighted by Crippen LogP contribution is -2.32. The Morgan fingerprint density at radius 1 is 1.16 bits per heavy atom. The van der Waals surface area contributed by atoms with Crippen LogP contribution < -0.4 is 20.7 Å². The molecular formula is C15H24N2O2. The number of ether oxygens (including phenoxy) is 2. The molecule has 0 amide bonds. The third kappa shape index (κ3) is 3.19. The van der Waals surface area contributed by atoms with E-state index in [0.717, 1.165) is 23.0 Å². The second-order valence-corrected chi connectivity index (χ2v) is 5.47. The number of hydrogen-bond acceptors (Lipinski definition) is 4. The van der Waals surface area contributed by atoms with Crippen molar-refractivity contribution in [3.05, 3.63) is 23.8 Å². The Kier molecular flexibility index (Phi) is 4.66. The van der Waals surface area contributed by atoms with Crippen LogP contribution in [0.5, 0.6) is 11.5 Å². The molecule has 1 aromatic carbocycles. The Balaban J connectivity index is 2.26. The van der Waals surface area contributed by atoms with E-state index in [1.807, 2.05) is 18.2 Å². The van der Waals surface area contributed by atoms with Crippen molar-refractivity contribution in [2.24, 2.45) is 17.7 Å². The Morgan fingerprint density at radius 2 is 1.79 bits per heavy atom. The zero-order valence-corrected chi connectivity index (χ0v) is 12.0. The van der Waals surface area contributed by atoms with Crippen molar-refractivity contribution < 1.29 is 9.47 Å². The Morgan fingerprint density at radius 3 is 2.21 bits per heavy atom. The standard InChI is InChI=1S/C15H24N2O2/c1-10-4-5-11(6-10)15(17-16)12-7-13(18-2)9-14(8-12)19-3/h7-11,15,17H,4-6,16H2,1-3H3. The van der Waals surface area contributed by atoms with E-state index in [1.54, 1.807) is 14.2 Å². The van der Waals surface area contributed by atoms with Gasteiger partial charge in [0.25, 0.3) is 0 Å². The number of hydrazine groups is 1. The van der Waals surface area contributed by atoms with Gasteiger partial charge in [0, 0.05) is 12.1 Å². The first-order chi connectivity index (χ1) is 9.17. The van der Waals surface area contributed by atoms with Crippen molar-refractivity contribution in [1.29, 1.82) is 0 Å². The predicted molar refractivity (Wildman–Crippen MR) is 76.1 cm³/mol. The van der Waals surface area contributed by atoms with Gasteiger partial charge in [0.15, 0.2) is 0 Å². The summed E-state index contributed by atoms with van der Waals surface area (Å²) in [6.45, 7) is 2.31. The van der Waals surface area contributed by atoms with Crippen molar-refractivity contribution >= 4 is 0 Å². The quantitative estimate of drug-likeness (QED) is 0.634. The number of benzene rings is 1. The van der Waals surface area contributed by atoms with E-state index in [1.165, 1.54) is 19.3 Å². The van der Waals surface area contributed by atoms with Gasteiger partial charge in [-0.2, -0.15) is 0 Å². The topological polar surface area (TPSA) is 56.5 Å². The SMILES string of the molecule is COc1cc(OC)cc(C(NN)C2CCC(C)C2)c1. The van der Waals surface area contributed by atoms with Gasteiger partial charge in [-0.15, -0.1) is 0 Å². The smallest absolute Gasteiger partial charge is 0.122 e.